The van der Waals surface area contributed by atoms with Crippen molar-refractivity contribution in [1.82, 2.24) is 9.78 Å². The molecule has 0 atom stereocenters. The summed E-state index contributed by atoms with van der Waals surface area (Å²) in [6, 6.07) is 9.75. The van der Waals surface area contributed by atoms with E-state index in [2.05, 4.69) is 15.2 Å². The van der Waals surface area contributed by atoms with Crippen molar-refractivity contribution in [2.75, 3.05) is 11.9 Å². The van der Waals surface area contributed by atoms with Crippen molar-refractivity contribution in [3.8, 4) is 5.75 Å². The summed E-state index contributed by atoms with van der Waals surface area (Å²) >= 11 is 12.5. The lowest BCUT2D eigenvalue weighted by Gasteiger charge is -2.10. The molecule has 3 rings (SSSR count). The molecule has 1 heterocycles. The van der Waals surface area contributed by atoms with Crippen LogP contribution in [0.3, 0.4) is 0 Å². The van der Waals surface area contributed by atoms with Crippen LogP contribution in [0.4, 0.5) is 18.9 Å². The van der Waals surface area contributed by atoms with Crippen molar-refractivity contribution in [2.24, 2.45) is 0 Å². The van der Waals surface area contributed by atoms with Gasteiger partial charge in [-0.3, -0.25) is 9.48 Å². The van der Waals surface area contributed by atoms with E-state index in [4.69, 9.17) is 27.9 Å². The molecule has 1 amide bonds. The molecule has 3 aromatic rings. The van der Waals surface area contributed by atoms with Crippen molar-refractivity contribution in [3.05, 3.63) is 81.1 Å². The Labute approximate surface area is 214 Å². The molecule has 0 radical (unpaired) electrons. The van der Waals surface area contributed by atoms with Crippen LogP contribution in [-0.2, 0) is 20.9 Å². The fraction of sp³-hybridized carbons (Fsp3) is 0.208. The van der Waals surface area contributed by atoms with Crippen molar-refractivity contribution in [2.45, 2.75) is 26.8 Å². The Bertz CT molecular complexity index is 1270. The number of benzene rings is 2. The number of esters is 1. The van der Waals surface area contributed by atoms with Gasteiger partial charge < -0.3 is 14.8 Å². The summed E-state index contributed by atoms with van der Waals surface area (Å²) in [7, 11) is 0. The molecule has 0 saturated carbocycles. The first-order valence-corrected chi connectivity index (χ1v) is 11.2. The van der Waals surface area contributed by atoms with Gasteiger partial charge in [0.2, 0.25) is 0 Å². The second-order valence-electron chi connectivity index (χ2n) is 7.50. The Morgan fingerprint density at radius 2 is 1.72 bits per heavy atom. The SMILES string of the molecule is Cc1nn(Cc2c(Cl)cccc2Cl)c(C)c1/C=C/C(=O)OCC(=O)Nc1ccc(OC(F)(F)F)cc1. The minimum Gasteiger partial charge on any atom is -0.452 e. The van der Waals surface area contributed by atoms with E-state index in [-0.39, 0.29) is 5.69 Å². The first-order chi connectivity index (χ1) is 16.9. The monoisotopic (exact) mass is 541 g/mol. The third-order valence-corrected chi connectivity index (χ3v) is 5.62. The number of carbonyl (C=O) groups excluding carboxylic acids is 2. The van der Waals surface area contributed by atoms with Crippen LogP contribution in [0.25, 0.3) is 6.08 Å². The lowest BCUT2D eigenvalue weighted by atomic mass is 10.1. The minimum absolute atomic E-state index is 0.207. The van der Waals surface area contributed by atoms with E-state index in [9.17, 15) is 22.8 Å². The quantitative estimate of drug-likeness (QED) is 0.281. The van der Waals surface area contributed by atoms with E-state index in [0.717, 1.165) is 23.4 Å². The highest BCUT2D eigenvalue weighted by molar-refractivity contribution is 6.36. The van der Waals surface area contributed by atoms with Gasteiger partial charge in [-0.2, -0.15) is 5.10 Å². The molecular weight excluding hydrogens is 522 g/mol. The molecule has 0 aliphatic rings. The number of nitrogens with zero attached hydrogens (tertiary/aromatic N) is 2. The van der Waals surface area contributed by atoms with Gasteiger partial charge in [0.25, 0.3) is 5.91 Å². The van der Waals surface area contributed by atoms with Gasteiger partial charge >= 0.3 is 12.3 Å². The summed E-state index contributed by atoms with van der Waals surface area (Å²) in [6.45, 7) is 3.36. The zero-order valence-corrected chi connectivity index (χ0v) is 20.5. The van der Waals surface area contributed by atoms with Gasteiger partial charge in [-0.05, 0) is 56.3 Å². The highest BCUT2D eigenvalue weighted by Gasteiger charge is 2.31. The highest BCUT2D eigenvalue weighted by atomic mass is 35.5. The van der Waals surface area contributed by atoms with Crippen LogP contribution in [-0.4, -0.2) is 34.6 Å². The summed E-state index contributed by atoms with van der Waals surface area (Å²) in [5.74, 6) is -1.86. The Kier molecular flexibility index (Phi) is 8.65. The van der Waals surface area contributed by atoms with Crippen LogP contribution in [0, 0.1) is 13.8 Å². The number of hydrogen-bond donors (Lipinski definition) is 1. The average Bonchev–Trinajstić information content (AvgIpc) is 3.06. The van der Waals surface area contributed by atoms with E-state index in [1.54, 1.807) is 29.8 Å². The number of nitrogens with one attached hydrogen (secondary N) is 1. The van der Waals surface area contributed by atoms with Gasteiger partial charge in [-0.15, -0.1) is 13.2 Å². The molecule has 12 heteroatoms. The Balaban J connectivity index is 1.55. The molecule has 2 aromatic carbocycles. The van der Waals surface area contributed by atoms with Gasteiger partial charge in [0.15, 0.2) is 6.61 Å². The molecule has 0 bridgehead atoms. The molecule has 0 fully saturated rings. The maximum Gasteiger partial charge on any atom is 0.573 e. The fourth-order valence-electron chi connectivity index (χ4n) is 3.21. The lowest BCUT2D eigenvalue weighted by Crippen LogP contribution is -2.20. The number of amides is 1. The number of carbonyl (C=O) groups is 2. The molecule has 1 aromatic heterocycles. The van der Waals surface area contributed by atoms with Crippen LogP contribution in [0.2, 0.25) is 10.0 Å². The number of rotatable bonds is 8. The summed E-state index contributed by atoms with van der Waals surface area (Å²) < 4.78 is 47.0. The maximum atomic E-state index is 12.2. The van der Waals surface area contributed by atoms with Gasteiger partial charge in [0.1, 0.15) is 5.75 Å². The Morgan fingerprint density at radius 3 is 2.33 bits per heavy atom. The summed E-state index contributed by atoms with van der Waals surface area (Å²) in [5.41, 5.74) is 3.05. The minimum atomic E-state index is -4.81. The topological polar surface area (TPSA) is 82.5 Å². The number of hydrogen-bond acceptors (Lipinski definition) is 5. The van der Waals surface area contributed by atoms with E-state index in [0.29, 0.717) is 27.8 Å². The molecule has 7 nitrogen and oxygen atoms in total. The predicted octanol–water partition coefficient (Wildman–Crippen LogP) is 5.95. The van der Waals surface area contributed by atoms with Crippen LogP contribution in [0.1, 0.15) is 22.5 Å². The van der Waals surface area contributed by atoms with Crippen molar-refractivity contribution in [3.63, 3.8) is 0 Å². The summed E-state index contributed by atoms with van der Waals surface area (Å²) in [6.07, 6.45) is -2.12. The fourth-order valence-corrected chi connectivity index (χ4v) is 3.73. The number of aryl methyl sites for hydroxylation is 1. The number of alkyl halides is 3. The first-order valence-electron chi connectivity index (χ1n) is 10.4. The highest BCUT2D eigenvalue weighted by Crippen LogP contribution is 2.27. The van der Waals surface area contributed by atoms with Crippen LogP contribution in [0.5, 0.6) is 5.75 Å². The van der Waals surface area contributed by atoms with Crippen LogP contribution >= 0.6 is 23.2 Å². The zero-order valence-electron chi connectivity index (χ0n) is 19.0. The lowest BCUT2D eigenvalue weighted by molar-refractivity contribution is -0.274. The first kappa shape index (κ1) is 27.1. The van der Waals surface area contributed by atoms with E-state index in [1.165, 1.54) is 24.3 Å². The van der Waals surface area contributed by atoms with E-state index in [1.807, 2.05) is 6.92 Å². The average molecular weight is 542 g/mol. The number of anilines is 1. The van der Waals surface area contributed by atoms with Crippen molar-refractivity contribution in [1.29, 1.82) is 0 Å². The van der Waals surface area contributed by atoms with Gasteiger partial charge in [0, 0.05) is 38.6 Å². The Hall–Kier alpha value is -3.50. The normalized spacial score (nSPS) is 11.5. The molecule has 190 valence electrons. The summed E-state index contributed by atoms with van der Waals surface area (Å²) in [5, 5.41) is 7.90. The molecule has 36 heavy (non-hydrogen) atoms. The molecule has 1 N–H and O–H groups in total. The third kappa shape index (κ3) is 7.50. The summed E-state index contributed by atoms with van der Waals surface area (Å²) in [4.78, 5) is 24.1. The molecule has 0 saturated heterocycles. The molecule has 0 spiro atoms. The standard InChI is InChI=1S/C24H20Cl2F3N3O4/c1-14-18(15(2)32(31-14)12-19-20(25)4-3-5-21(19)26)10-11-23(34)35-13-22(33)30-16-6-8-17(9-7-16)36-24(27,28)29/h3-11H,12-13H2,1-2H3,(H,30,33)/b11-10+. The second-order valence-corrected chi connectivity index (χ2v) is 8.32. The number of ether oxygens (including phenoxy) is 2. The maximum absolute atomic E-state index is 12.2. The Morgan fingerprint density at radius 1 is 1.08 bits per heavy atom. The van der Waals surface area contributed by atoms with Crippen LogP contribution < -0.4 is 10.1 Å². The molecule has 0 aliphatic heterocycles. The number of halogens is 5. The zero-order chi connectivity index (χ0) is 26.5. The number of aromatic nitrogens is 2. The second kappa shape index (κ2) is 11.5. The van der Waals surface area contributed by atoms with E-state index >= 15 is 0 Å². The smallest absolute Gasteiger partial charge is 0.452 e. The van der Waals surface area contributed by atoms with E-state index < -0.39 is 30.6 Å². The van der Waals surface area contributed by atoms with Crippen LogP contribution in [0.15, 0.2) is 48.5 Å². The largest absolute Gasteiger partial charge is 0.573 e. The predicted molar refractivity (Wildman–Crippen MR) is 129 cm³/mol. The van der Waals surface area contributed by atoms with Gasteiger partial charge in [-0.1, -0.05) is 29.3 Å². The molecule has 0 aliphatic carbocycles. The van der Waals surface area contributed by atoms with Gasteiger partial charge in [0.05, 0.1) is 12.2 Å². The molecular formula is C24H20Cl2F3N3O4. The van der Waals surface area contributed by atoms with Gasteiger partial charge in [-0.25, -0.2) is 4.79 Å². The van der Waals surface area contributed by atoms with Crippen molar-refractivity contribution < 1.29 is 32.2 Å². The van der Waals surface area contributed by atoms with Crippen molar-refractivity contribution >= 4 is 46.8 Å². The molecule has 0 unspecified atom stereocenters. The third-order valence-electron chi connectivity index (χ3n) is 4.91.